The summed E-state index contributed by atoms with van der Waals surface area (Å²) < 4.78 is 0. The highest BCUT2D eigenvalue weighted by atomic mass is 16.3. The van der Waals surface area contributed by atoms with Crippen LogP contribution in [-0.2, 0) is 0 Å². The minimum atomic E-state index is -0.525. The van der Waals surface area contributed by atoms with Crippen LogP contribution in [0, 0.1) is 11.3 Å². The molecule has 0 bridgehead atoms. The van der Waals surface area contributed by atoms with E-state index in [-0.39, 0.29) is 5.41 Å². The zero-order chi connectivity index (χ0) is 13.8. The van der Waals surface area contributed by atoms with Gasteiger partial charge in [-0.1, -0.05) is 19.8 Å². The summed E-state index contributed by atoms with van der Waals surface area (Å²) in [5.41, 5.74) is 5.61. The van der Waals surface area contributed by atoms with E-state index in [0.717, 1.165) is 51.1 Å². The molecule has 3 heteroatoms. The van der Waals surface area contributed by atoms with Gasteiger partial charge in [0.2, 0.25) is 0 Å². The fourth-order valence-electron chi connectivity index (χ4n) is 4.37. The lowest BCUT2D eigenvalue weighted by molar-refractivity contribution is -0.113. The van der Waals surface area contributed by atoms with E-state index >= 15 is 0 Å². The van der Waals surface area contributed by atoms with Crippen LogP contribution >= 0.6 is 0 Å². The second-order valence-electron chi connectivity index (χ2n) is 6.85. The van der Waals surface area contributed by atoms with Crippen LogP contribution < -0.4 is 11.1 Å². The molecule has 1 heterocycles. The Bertz CT molecular complexity index is 264. The molecule has 0 radical (unpaired) electrons. The molecule has 0 amide bonds. The second-order valence-corrected chi connectivity index (χ2v) is 6.85. The summed E-state index contributed by atoms with van der Waals surface area (Å²) >= 11 is 0. The third-order valence-electron chi connectivity index (χ3n) is 5.80. The van der Waals surface area contributed by atoms with E-state index in [1.807, 2.05) is 0 Å². The van der Waals surface area contributed by atoms with Crippen molar-refractivity contribution in [3.8, 4) is 0 Å². The summed E-state index contributed by atoms with van der Waals surface area (Å²) in [4.78, 5) is 0. The molecular weight excluding hydrogens is 236 g/mol. The second kappa shape index (κ2) is 6.55. The van der Waals surface area contributed by atoms with Crippen molar-refractivity contribution in [2.24, 2.45) is 17.1 Å². The van der Waals surface area contributed by atoms with E-state index < -0.39 is 5.60 Å². The molecule has 0 aromatic heterocycles. The van der Waals surface area contributed by atoms with Crippen LogP contribution in [0.15, 0.2) is 0 Å². The first-order chi connectivity index (χ1) is 9.16. The smallest absolute Gasteiger partial charge is 0.0728 e. The van der Waals surface area contributed by atoms with Crippen LogP contribution in [0.1, 0.15) is 64.7 Å². The van der Waals surface area contributed by atoms with Crippen molar-refractivity contribution in [2.75, 3.05) is 19.6 Å². The molecule has 1 unspecified atom stereocenters. The van der Waals surface area contributed by atoms with Gasteiger partial charge in [-0.05, 0) is 64.0 Å². The molecule has 1 saturated carbocycles. The quantitative estimate of drug-likeness (QED) is 0.734. The highest BCUT2D eigenvalue weighted by Gasteiger charge is 2.50. The van der Waals surface area contributed by atoms with Gasteiger partial charge >= 0.3 is 0 Å². The van der Waals surface area contributed by atoms with Gasteiger partial charge in [0.1, 0.15) is 0 Å². The first-order valence-electron chi connectivity index (χ1n) is 8.29. The van der Waals surface area contributed by atoms with Crippen LogP contribution in [0.4, 0.5) is 0 Å². The van der Waals surface area contributed by atoms with Gasteiger partial charge in [0.15, 0.2) is 0 Å². The number of hydrogen-bond donors (Lipinski definition) is 3. The number of aliphatic hydroxyl groups is 1. The monoisotopic (exact) mass is 268 g/mol. The molecule has 19 heavy (non-hydrogen) atoms. The average Bonchev–Trinajstić information content (AvgIpc) is 2.66. The van der Waals surface area contributed by atoms with Crippen LogP contribution in [-0.4, -0.2) is 30.3 Å². The molecule has 1 aliphatic heterocycles. The molecule has 112 valence electrons. The fraction of sp³-hybridized carbons (Fsp3) is 1.00. The lowest BCUT2D eigenvalue weighted by Gasteiger charge is -2.50. The number of hydrogen-bond acceptors (Lipinski definition) is 3. The Kier molecular flexibility index (Phi) is 5.27. The molecule has 3 nitrogen and oxygen atoms in total. The largest absolute Gasteiger partial charge is 0.389 e. The first-order valence-corrected chi connectivity index (χ1v) is 8.29. The standard InChI is InChI=1S/C16H32N2O/c1-2-4-14-5-8-15(13-17,9-6-14)16(19)7-3-11-18-12-10-16/h14,18-19H,2-13,17H2,1H3. The van der Waals surface area contributed by atoms with Gasteiger partial charge in [-0.25, -0.2) is 0 Å². The van der Waals surface area contributed by atoms with Crippen LogP contribution in [0.5, 0.6) is 0 Å². The van der Waals surface area contributed by atoms with Crippen molar-refractivity contribution >= 4 is 0 Å². The summed E-state index contributed by atoms with van der Waals surface area (Å²) in [6.07, 6.45) is 10.3. The summed E-state index contributed by atoms with van der Waals surface area (Å²) in [5, 5.41) is 14.6. The predicted molar refractivity (Wildman–Crippen MR) is 80.0 cm³/mol. The third-order valence-corrected chi connectivity index (χ3v) is 5.80. The minimum Gasteiger partial charge on any atom is -0.389 e. The van der Waals surface area contributed by atoms with Crippen LogP contribution in [0.25, 0.3) is 0 Å². The summed E-state index contributed by atoms with van der Waals surface area (Å²) in [6, 6.07) is 0. The van der Waals surface area contributed by atoms with E-state index in [2.05, 4.69) is 12.2 Å². The Hall–Kier alpha value is -0.120. The Balaban J connectivity index is 2.05. The summed E-state index contributed by atoms with van der Waals surface area (Å²) in [6.45, 7) is 4.91. The number of nitrogens with one attached hydrogen (secondary N) is 1. The summed E-state index contributed by atoms with van der Waals surface area (Å²) in [7, 11) is 0. The average molecular weight is 268 g/mol. The first kappa shape index (κ1) is 15.3. The highest BCUT2D eigenvalue weighted by molar-refractivity contribution is 5.03. The Morgan fingerprint density at radius 3 is 2.53 bits per heavy atom. The van der Waals surface area contributed by atoms with Gasteiger partial charge < -0.3 is 16.2 Å². The maximum absolute atomic E-state index is 11.2. The van der Waals surface area contributed by atoms with Crippen LogP contribution in [0.3, 0.4) is 0 Å². The molecule has 4 N–H and O–H groups in total. The zero-order valence-electron chi connectivity index (χ0n) is 12.6. The molecule has 1 atom stereocenters. The van der Waals surface area contributed by atoms with Gasteiger partial charge in [0.25, 0.3) is 0 Å². The van der Waals surface area contributed by atoms with Crippen molar-refractivity contribution in [1.29, 1.82) is 0 Å². The van der Waals surface area contributed by atoms with Gasteiger partial charge in [0.05, 0.1) is 5.60 Å². The molecule has 2 fully saturated rings. The third kappa shape index (κ3) is 3.14. The molecular formula is C16H32N2O. The van der Waals surface area contributed by atoms with Gasteiger partial charge in [0, 0.05) is 12.0 Å². The number of nitrogens with two attached hydrogens (primary N) is 1. The Morgan fingerprint density at radius 2 is 1.89 bits per heavy atom. The maximum Gasteiger partial charge on any atom is 0.0728 e. The van der Waals surface area contributed by atoms with E-state index in [1.54, 1.807) is 0 Å². The lowest BCUT2D eigenvalue weighted by Crippen LogP contribution is -2.54. The molecule has 2 aliphatic rings. The number of rotatable bonds is 4. The Morgan fingerprint density at radius 1 is 1.16 bits per heavy atom. The van der Waals surface area contributed by atoms with Gasteiger partial charge in [-0.3, -0.25) is 0 Å². The van der Waals surface area contributed by atoms with E-state index in [4.69, 9.17) is 5.73 Å². The predicted octanol–water partition coefficient (Wildman–Crippen LogP) is 2.43. The van der Waals surface area contributed by atoms with Gasteiger partial charge in [-0.15, -0.1) is 0 Å². The van der Waals surface area contributed by atoms with E-state index in [0.29, 0.717) is 6.54 Å². The maximum atomic E-state index is 11.2. The molecule has 0 aromatic carbocycles. The van der Waals surface area contributed by atoms with Crippen molar-refractivity contribution in [1.82, 2.24) is 5.32 Å². The van der Waals surface area contributed by atoms with Crippen molar-refractivity contribution < 1.29 is 5.11 Å². The van der Waals surface area contributed by atoms with E-state index in [1.165, 1.54) is 25.7 Å². The lowest BCUT2D eigenvalue weighted by atomic mass is 9.59. The van der Waals surface area contributed by atoms with Crippen molar-refractivity contribution in [2.45, 2.75) is 70.3 Å². The topological polar surface area (TPSA) is 58.3 Å². The molecule has 0 aromatic rings. The molecule has 2 rings (SSSR count). The Labute approximate surface area is 118 Å². The zero-order valence-corrected chi connectivity index (χ0v) is 12.6. The normalized spacial score (nSPS) is 40.9. The fourth-order valence-corrected chi connectivity index (χ4v) is 4.37. The molecule has 1 saturated heterocycles. The SMILES string of the molecule is CCCC1CCC(CN)(C2(O)CCCNCC2)CC1. The minimum absolute atomic E-state index is 0.0107. The van der Waals surface area contributed by atoms with Gasteiger partial charge in [-0.2, -0.15) is 0 Å². The summed E-state index contributed by atoms with van der Waals surface area (Å²) in [5.74, 6) is 0.872. The van der Waals surface area contributed by atoms with Crippen LogP contribution in [0.2, 0.25) is 0 Å². The highest BCUT2D eigenvalue weighted by Crippen LogP contribution is 2.50. The van der Waals surface area contributed by atoms with Crippen molar-refractivity contribution in [3.63, 3.8) is 0 Å². The molecule has 1 aliphatic carbocycles. The molecule has 0 spiro atoms. The van der Waals surface area contributed by atoms with Crippen molar-refractivity contribution in [3.05, 3.63) is 0 Å². The van der Waals surface area contributed by atoms with E-state index in [9.17, 15) is 5.11 Å².